The first-order chi connectivity index (χ1) is 12.0. The highest BCUT2D eigenvalue weighted by Gasteiger charge is 2.11. The maximum atomic E-state index is 12.2. The Labute approximate surface area is 153 Å². The van der Waals surface area contributed by atoms with Crippen molar-refractivity contribution in [2.75, 3.05) is 31.5 Å². The molecule has 1 aromatic heterocycles. The molecule has 0 saturated carbocycles. The minimum Gasteiger partial charge on any atom is -0.351 e. The van der Waals surface area contributed by atoms with Gasteiger partial charge in [-0.05, 0) is 61.3 Å². The lowest BCUT2D eigenvalue weighted by Crippen LogP contribution is -2.34. The average Bonchev–Trinajstić information content (AvgIpc) is 3.05. The Balaban J connectivity index is 1.87. The van der Waals surface area contributed by atoms with Crippen molar-refractivity contribution in [1.29, 1.82) is 0 Å². The number of thiophene rings is 1. The third-order valence-electron chi connectivity index (χ3n) is 4.08. The van der Waals surface area contributed by atoms with Crippen LogP contribution in [-0.2, 0) is 0 Å². The number of hydrogen-bond acceptors (Lipinski definition) is 4. The van der Waals surface area contributed by atoms with Crippen molar-refractivity contribution >= 4 is 28.8 Å². The molecule has 1 heterocycles. The normalized spacial score (nSPS) is 10.7. The lowest BCUT2D eigenvalue weighted by molar-refractivity contribution is 0.0948. The molecule has 0 bridgehead atoms. The molecule has 5 nitrogen and oxygen atoms in total. The number of benzene rings is 1. The fourth-order valence-corrected chi connectivity index (χ4v) is 3.29. The Kier molecular flexibility index (Phi) is 7.16. The van der Waals surface area contributed by atoms with Crippen LogP contribution in [0.15, 0.2) is 35.7 Å². The standard InChI is InChI=1S/C19H25N3O2S/c1-4-22(5-2)12-11-20-18(23)15-6-8-16(9-7-15)21-19(24)17-14(3)10-13-25-17/h6-10,13H,4-5,11-12H2,1-3H3,(H,20,23)(H,21,24). The number of amides is 2. The van der Waals surface area contributed by atoms with Crippen LogP contribution in [0.25, 0.3) is 0 Å². The Morgan fingerprint density at radius 1 is 1.04 bits per heavy atom. The highest BCUT2D eigenvalue weighted by molar-refractivity contribution is 7.12. The van der Waals surface area contributed by atoms with Crippen LogP contribution in [0, 0.1) is 6.92 Å². The molecule has 2 amide bonds. The molecule has 0 unspecified atom stereocenters. The lowest BCUT2D eigenvalue weighted by Gasteiger charge is -2.17. The van der Waals surface area contributed by atoms with Crippen LogP contribution in [0.1, 0.15) is 39.4 Å². The first-order valence-corrected chi connectivity index (χ1v) is 9.39. The number of nitrogens with one attached hydrogen (secondary N) is 2. The molecule has 0 radical (unpaired) electrons. The van der Waals surface area contributed by atoms with Crippen molar-refractivity contribution in [3.8, 4) is 0 Å². The van der Waals surface area contributed by atoms with Crippen LogP contribution in [-0.4, -0.2) is 42.9 Å². The number of rotatable bonds is 8. The van der Waals surface area contributed by atoms with Crippen molar-refractivity contribution in [2.24, 2.45) is 0 Å². The van der Waals surface area contributed by atoms with Crippen LogP contribution in [0.5, 0.6) is 0 Å². The van der Waals surface area contributed by atoms with E-state index in [1.165, 1.54) is 11.3 Å². The van der Waals surface area contributed by atoms with Gasteiger partial charge in [-0.15, -0.1) is 11.3 Å². The number of carbonyl (C=O) groups is 2. The molecular weight excluding hydrogens is 334 g/mol. The number of anilines is 1. The molecule has 134 valence electrons. The molecule has 2 aromatic rings. The molecular formula is C19H25N3O2S. The van der Waals surface area contributed by atoms with E-state index in [4.69, 9.17) is 0 Å². The molecule has 0 atom stereocenters. The van der Waals surface area contributed by atoms with E-state index in [2.05, 4.69) is 29.4 Å². The van der Waals surface area contributed by atoms with Gasteiger partial charge in [0.15, 0.2) is 0 Å². The van der Waals surface area contributed by atoms with Gasteiger partial charge in [0.1, 0.15) is 0 Å². The summed E-state index contributed by atoms with van der Waals surface area (Å²) in [6.45, 7) is 9.54. The third-order valence-corrected chi connectivity index (χ3v) is 5.10. The summed E-state index contributed by atoms with van der Waals surface area (Å²) in [4.78, 5) is 27.3. The van der Waals surface area contributed by atoms with Gasteiger partial charge in [-0.3, -0.25) is 9.59 Å². The number of aryl methyl sites for hydroxylation is 1. The van der Waals surface area contributed by atoms with Gasteiger partial charge in [-0.25, -0.2) is 0 Å². The second-order valence-corrected chi connectivity index (χ2v) is 6.66. The van der Waals surface area contributed by atoms with Crippen LogP contribution in [0.4, 0.5) is 5.69 Å². The molecule has 2 rings (SSSR count). The summed E-state index contributed by atoms with van der Waals surface area (Å²) in [7, 11) is 0. The first kappa shape index (κ1) is 19.1. The number of hydrogen-bond donors (Lipinski definition) is 2. The van der Waals surface area contributed by atoms with E-state index in [1.807, 2.05) is 18.4 Å². The Bertz CT molecular complexity index is 706. The summed E-state index contributed by atoms with van der Waals surface area (Å²) in [5.41, 5.74) is 2.23. The van der Waals surface area contributed by atoms with Crippen molar-refractivity contribution < 1.29 is 9.59 Å². The quantitative estimate of drug-likeness (QED) is 0.759. The van der Waals surface area contributed by atoms with Gasteiger partial charge < -0.3 is 15.5 Å². The maximum absolute atomic E-state index is 12.2. The van der Waals surface area contributed by atoms with E-state index in [0.29, 0.717) is 22.7 Å². The largest absolute Gasteiger partial charge is 0.351 e. The fourth-order valence-electron chi connectivity index (χ4n) is 2.47. The van der Waals surface area contributed by atoms with Crippen LogP contribution in [0.2, 0.25) is 0 Å². The predicted molar refractivity (Wildman–Crippen MR) is 104 cm³/mol. The highest BCUT2D eigenvalue weighted by atomic mass is 32.1. The number of likely N-dealkylation sites (N-methyl/N-ethyl adjacent to an activating group) is 1. The summed E-state index contributed by atoms with van der Waals surface area (Å²) in [5.74, 6) is -0.219. The zero-order chi connectivity index (χ0) is 18.2. The second-order valence-electron chi connectivity index (χ2n) is 5.75. The number of carbonyl (C=O) groups excluding carboxylic acids is 2. The SMILES string of the molecule is CCN(CC)CCNC(=O)c1ccc(NC(=O)c2sccc2C)cc1. The molecule has 25 heavy (non-hydrogen) atoms. The van der Waals surface area contributed by atoms with Gasteiger partial charge in [0.2, 0.25) is 0 Å². The van der Waals surface area contributed by atoms with Crippen molar-refractivity contribution in [3.05, 3.63) is 51.7 Å². The molecule has 2 N–H and O–H groups in total. The Morgan fingerprint density at radius 2 is 1.72 bits per heavy atom. The van der Waals surface area contributed by atoms with Gasteiger partial charge >= 0.3 is 0 Å². The summed E-state index contributed by atoms with van der Waals surface area (Å²) in [6, 6.07) is 8.87. The lowest BCUT2D eigenvalue weighted by atomic mass is 10.2. The van der Waals surface area contributed by atoms with E-state index in [0.717, 1.165) is 25.2 Å². The molecule has 6 heteroatoms. The average molecular weight is 359 g/mol. The van der Waals surface area contributed by atoms with Crippen LogP contribution in [0.3, 0.4) is 0 Å². The smallest absolute Gasteiger partial charge is 0.265 e. The van der Waals surface area contributed by atoms with Crippen molar-refractivity contribution in [2.45, 2.75) is 20.8 Å². The molecule has 0 saturated heterocycles. The van der Waals surface area contributed by atoms with E-state index < -0.39 is 0 Å². The van der Waals surface area contributed by atoms with Crippen LogP contribution >= 0.6 is 11.3 Å². The minimum absolute atomic E-state index is 0.0980. The molecule has 0 spiro atoms. The fraction of sp³-hybridized carbons (Fsp3) is 0.368. The third kappa shape index (κ3) is 5.41. The molecule has 1 aromatic carbocycles. The summed E-state index contributed by atoms with van der Waals surface area (Å²) < 4.78 is 0. The van der Waals surface area contributed by atoms with Gasteiger partial charge in [-0.2, -0.15) is 0 Å². The predicted octanol–water partition coefficient (Wildman–Crippen LogP) is 3.38. The van der Waals surface area contributed by atoms with Gasteiger partial charge in [0.25, 0.3) is 11.8 Å². The Morgan fingerprint density at radius 3 is 2.28 bits per heavy atom. The van der Waals surface area contributed by atoms with E-state index >= 15 is 0 Å². The molecule has 0 aliphatic carbocycles. The van der Waals surface area contributed by atoms with Crippen LogP contribution < -0.4 is 10.6 Å². The Hall–Kier alpha value is -2.18. The van der Waals surface area contributed by atoms with E-state index in [-0.39, 0.29) is 11.8 Å². The summed E-state index contributed by atoms with van der Waals surface area (Å²) in [6.07, 6.45) is 0. The topological polar surface area (TPSA) is 61.4 Å². The van der Waals surface area contributed by atoms with Gasteiger partial charge in [0.05, 0.1) is 4.88 Å². The minimum atomic E-state index is -0.121. The highest BCUT2D eigenvalue weighted by Crippen LogP contribution is 2.18. The maximum Gasteiger partial charge on any atom is 0.265 e. The molecule has 0 aliphatic rings. The zero-order valence-electron chi connectivity index (χ0n) is 15.0. The summed E-state index contributed by atoms with van der Waals surface area (Å²) in [5, 5.41) is 7.68. The van der Waals surface area contributed by atoms with E-state index in [1.54, 1.807) is 24.3 Å². The number of nitrogens with zero attached hydrogens (tertiary/aromatic N) is 1. The van der Waals surface area contributed by atoms with Gasteiger partial charge in [-0.1, -0.05) is 13.8 Å². The van der Waals surface area contributed by atoms with E-state index in [9.17, 15) is 9.59 Å². The first-order valence-electron chi connectivity index (χ1n) is 8.51. The van der Waals surface area contributed by atoms with Crippen molar-refractivity contribution in [1.82, 2.24) is 10.2 Å². The second kappa shape index (κ2) is 9.34. The summed E-state index contributed by atoms with van der Waals surface area (Å²) >= 11 is 1.42. The van der Waals surface area contributed by atoms with Crippen molar-refractivity contribution in [3.63, 3.8) is 0 Å². The molecule has 0 aliphatic heterocycles. The monoisotopic (exact) mass is 359 g/mol. The zero-order valence-corrected chi connectivity index (χ0v) is 15.8. The van der Waals surface area contributed by atoms with Gasteiger partial charge in [0, 0.05) is 24.3 Å². The molecule has 0 fully saturated rings.